The lowest BCUT2D eigenvalue weighted by atomic mass is 10.2. The molecule has 1 unspecified atom stereocenters. The third kappa shape index (κ3) is 6.63. The number of thioether (sulfide) groups is 1. The van der Waals surface area contributed by atoms with Gasteiger partial charge < -0.3 is 10.4 Å². The number of aliphatic hydroxyl groups is 1. The number of carbonyl (C=O) groups is 1. The van der Waals surface area contributed by atoms with E-state index < -0.39 is 5.51 Å². The molecule has 0 aliphatic heterocycles. The minimum Gasteiger partial charge on any atom is -0.394 e. The molecule has 1 rings (SSSR count). The van der Waals surface area contributed by atoms with Crippen molar-refractivity contribution in [2.45, 2.75) is 23.4 Å². The second kappa shape index (κ2) is 7.35. The van der Waals surface area contributed by atoms with Crippen LogP contribution in [0, 0.1) is 0 Å². The van der Waals surface area contributed by atoms with Gasteiger partial charge >= 0.3 is 5.51 Å². The summed E-state index contributed by atoms with van der Waals surface area (Å²) < 4.78 is 36.4. The molecule has 1 atom stereocenters. The van der Waals surface area contributed by atoms with Crippen molar-refractivity contribution in [3.63, 3.8) is 0 Å². The van der Waals surface area contributed by atoms with E-state index in [0.29, 0.717) is 5.56 Å². The Labute approximate surface area is 118 Å². The van der Waals surface area contributed by atoms with E-state index in [2.05, 4.69) is 5.32 Å². The fourth-order valence-corrected chi connectivity index (χ4v) is 1.83. The highest BCUT2D eigenvalue weighted by Crippen LogP contribution is 2.36. The number of halogens is 3. The molecule has 20 heavy (non-hydrogen) atoms. The standard InChI is InChI=1S/C13H14F3NO2S/c1-9(8-18)17-12(19)7-4-10-2-5-11(6-3-10)20-13(14,15)16/h2-7,9,18H,8H2,1H3,(H,17,19)/b7-4+. The summed E-state index contributed by atoms with van der Waals surface area (Å²) in [5, 5.41) is 11.3. The smallest absolute Gasteiger partial charge is 0.394 e. The number of rotatable bonds is 5. The number of aliphatic hydroxyl groups excluding tert-OH is 1. The van der Waals surface area contributed by atoms with Crippen LogP contribution in [0.1, 0.15) is 12.5 Å². The van der Waals surface area contributed by atoms with Gasteiger partial charge in [0.1, 0.15) is 0 Å². The van der Waals surface area contributed by atoms with E-state index in [0.717, 1.165) is 0 Å². The van der Waals surface area contributed by atoms with E-state index in [9.17, 15) is 18.0 Å². The quantitative estimate of drug-likeness (QED) is 0.649. The van der Waals surface area contributed by atoms with Gasteiger partial charge in [-0.15, -0.1) is 0 Å². The first-order valence-electron chi connectivity index (χ1n) is 5.75. The van der Waals surface area contributed by atoms with Crippen LogP contribution in [-0.2, 0) is 4.79 Å². The molecule has 0 radical (unpaired) electrons. The molecule has 2 N–H and O–H groups in total. The van der Waals surface area contributed by atoms with Gasteiger partial charge in [-0.25, -0.2) is 0 Å². The molecular weight excluding hydrogens is 291 g/mol. The largest absolute Gasteiger partial charge is 0.446 e. The second-order valence-corrected chi connectivity index (χ2v) is 5.18. The van der Waals surface area contributed by atoms with Crippen LogP contribution in [0.4, 0.5) is 13.2 Å². The molecule has 0 saturated carbocycles. The summed E-state index contributed by atoms with van der Waals surface area (Å²) >= 11 is -0.186. The molecule has 0 aliphatic carbocycles. The second-order valence-electron chi connectivity index (χ2n) is 4.04. The Morgan fingerprint density at radius 1 is 1.40 bits per heavy atom. The predicted octanol–water partition coefficient (Wildman–Crippen LogP) is 2.81. The third-order valence-electron chi connectivity index (χ3n) is 2.20. The molecule has 0 saturated heterocycles. The number of hydrogen-bond acceptors (Lipinski definition) is 3. The first kappa shape index (κ1) is 16.6. The molecule has 1 amide bonds. The highest BCUT2D eigenvalue weighted by molar-refractivity contribution is 8.00. The average molecular weight is 305 g/mol. The zero-order valence-electron chi connectivity index (χ0n) is 10.6. The van der Waals surface area contributed by atoms with Crippen LogP contribution in [-0.4, -0.2) is 29.2 Å². The Hall–Kier alpha value is -1.47. The number of carbonyl (C=O) groups excluding carboxylic acids is 1. The van der Waals surface area contributed by atoms with Gasteiger partial charge in [-0.3, -0.25) is 4.79 Å². The van der Waals surface area contributed by atoms with Crippen molar-refractivity contribution in [3.05, 3.63) is 35.9 Å². The summed E-state index contributed by atoms with van der Waals surface area (Å²) in [5.74, 6) is -0.375. The Morgan fingerprint density at radius 3 is 2.50 bits per heavy atom. The van der Waals surface area contributed by atoms with E-state index in [-0.39, 0.29) is 35.2 Å². The van der Waals surface area contributed by atoms with Crippen LogP contribution in [0.3, 0.4) is 0 Å². The molecule has 7 heteroatoms. The van der Waals surface area contributed by atoms with E-state index in [4.69, 9.17) is 5.11 Å². The van der Waals surface area contributed by atoms with Gasteiger partial charge in [0.25, 0.3) is 0 Å². The molecule has 0 bridgehead atoms. The SMILES string of the molecule is CC(CO)NC(=O)/C=C/c1ccc(SC(F)(F)F)cc1. The monoisotopic (exact) mass is 305 g/mol. The minimum absolute atomic E-state index is 0.0907. The van der Waals surface area contributed by atoms with Gasteiger partial charge in [0.2, 0.25) is 5.91 Å². The summed E-state index contributed by atoms with van der Waals surface area (Å²) in [6, 6.07) is 5.32. The van der Waals surface area contributed by atoms with Gasteiger partial charge in [-0.1, -0.05) is 12.1 Å². The Bertz CT molecular complexity index is 471. The normalized spacial score (nSPS) is 13.4. The van der Waals surface area contributed by atoms with E-state index in [1.165, 1.54) is 36.4 Å². The topological polar surface area (TPSA) is 49.3 Å². The van der Waals surface area contributed by atoms with Crippen LogP contribution in [0.25, 0.3) is 6.08 Å². The van der Waals surface area contributed by atoms with Crippen LogP contribution >= 0.6 is 11.8 Å². The molecule has 0 fully saturated rings. The number of alkyl halides is 3. The summed E-state index contributed by atoms with van der Waals surface area (Å²) in [4.78, 5) is 11.5. The highest BCUT2D eigenvalue weighted by Gasteiger charge is 2.28. The van der Waals surface area contributed by atoms with Gasteiger partial charge in [-0.05, 0) is 42.5 Å². The molecule has 0 aliphatic rings. The fourth-order valence-electron chi connectivity index (χ4n) is 1.29. The van der Waals surface area contributed by atoms with Crippen LogP contribution in [0.5, 0.6) is 0 Å². The molecule has 3 nitrogen and oxygen atoms in total. The van der Waals surface area contributed by atoms with Gasteiger partial charge in [0, 0.05) is 17.0 Å². The van der Waals surface area contributed by atoms with E-state index in [1.54, 1.807) is 6.92 Å². The van der Waals surface area contributed by atoms with Crippen molar-refractivity contribution in [3.8, 4) is 0 Å². The van der Waals surface area contributed by atoms with Gasteiger partial charge in [0.05, 0.1) is 6.61 Å². The number of benzene rings is 1. The molecule has 0 aromatic heterocycles. The lowest BCUT2D eigenvalue weighted by Crippen LogP contribution is -2.33. The van der Waals surface area contributed by atoms with Crippen LogP contribution in [0.2, 0.25) is 0 Å². The predicted molar refractivity (Wildman–Crippen MR) is 72.1 cm³/mol. The van der Waals surface area contributed by atoms with E-state index in [1.807, 2.05) is 0 Å². The first-order valence-corrected chi connectivity index (χ1v) is 6.57. The molecule has 110 valence electrons. The minimum atomic E-state index is -4.31. The maximum atomic E-state index is 12.1. The summed E-state index contributed by atoms with van der Waals surface area (Å²) in [6.45, 7) is 1.48. The fraction of sp³-hybridized carbons (Fsp3) is 0.308. The highest BCUT2D eigenvalue weighted by atomic mass is 32.2. The van der Waals surface area contributed by atoms with Crippen molar-refractivity contribution >= 4 is 23.7 Å². The van der Waals surface area contributed by atoms with Gasteiger partial charge in [-0.2, -0.15) is 13.2 Å². The van der Waals surface area contributed by atoms with Crippen molar-refractivity contribution in [1.29, 1.82) is 0 Å². The van der Waals surface area contributed by atoms with Gasteiger partial charge in [0.15, 0.2) is 0 Å². The maximum absolute atomic E-state index is 12.1. The molecule has 0 heterocycles. The maximum Gasteiger partial charge on any atom is 0.446 e. The summed E-state index contributed by atoms with van der Waals surface area (Å²) in [5.41, 5.74) is -3.69. The number of nitrogens with one attached hydrogen (secondary N) is 1. The summed E-state index contributed by atoms with van der Waals surface area (Å²) in [6.07, 6.45) is 2.75. The Balaban J connectivity index is 2.59. The average Bonchev–Trinajstić information content (AvgIpc) is 2.36. The van der Waals surface area contributed by atoms with E-state index >= 15 is 0 Å². The zero-order chi connectivity index (χ0) is 15.2. The first-order chi connectivity index (χ1) is 9.30. The number of amides is 1. The summed E-state index contributed by atoms with van der Waals surface area (Å²) in [7, 11) is 0. The van der Waals surface area contributed by atoms with Crippen molar-refractivity contribution < 1.29 is 23.1 Å². The zero-order valence-corrected chi connectivity index (χ0v) is 11.5. The van der Waals surface area contributed by atoms with Crippen LogP contribution < -0.4 is 5.32 Å². The van der Waals surface area contributed by atoms with Crippen molar-refractivity contribution in [2.75, 3.05) is 6.61 Å². The molecule has 1 aromatic rings. The number of hydrogen-bond donors (Lipinski definition) is 2. The lowest BCUT2D eigenvalue weighted by Gasteiger charge is -2.07. The third-order valence-corrected chi connectivity index (χ3v) is 2.94. The van der Waals surface area contributed by atoms with Crippen molar-refractivity contribution in [1.82, 2.24) is 5.32 Å². The van der Waals surface area contributed by atoms with Crippen LogP contribution in [0.15, 0.2) is 35.2 Å². The molecule has 0 spiro atoms. The molecular formula is C13H14F3NO2S. The molecule has 1 aromatic carbocycles. The van der Waals surface area contributed by atoms with Crippen molar-refractivity contribution in [2.24, 2.45) is 0 Å². The Kier molecular flexibility index (Phi) is 6.09. The Morgan fingerprint density at radius 2 is 2.00 bits per heavy atom. The lowest BCUT2D eigenvalue weighted by molar-refractivity contribution is -0.117.